The second kappa shape index (κ2) is 16.8. The molecular formula is C27H39ClN4O6. The van der Waals surface area contributed by atoms with Gasteiger partial charge in [0.2, 0.25) is 11.8 Å². The number of likely N-dealkylation sites (N-methyl/N-ethyl adjacent to an activating group) is 2. The van der Waals surface area contributed by atoms with Crippen LogP contribution in [0.2, 0.25) is 5.02 Å². The molecule has 1 saturated carbocycles. The van der Waals surface area contributed by atoms with Gasteiger partial charge in [0.05, 0.1) is 19.2 Å². The molecule has 210 valence electrons. The number of aliphatic hydroxyl groups excluding tert-OH is 1. The van der Waals surface area contributed by atoms with Crippen LogP contribution in [0.1, 0.15) is 63.9 Å². The van der Waals surface area contributed by atoms with Gasteiger partial charge in [-0.05, 0) is 43.4 Å². The van der Waals surface area contributed by atoms with Crippen molar-refractivity contribution < 1.29 is 29.0 Å². The van der Waals surface area contributed by atoms with Crippen LogP contribution >= 0.6 is 11.6 Å². The number of halogens is 1. The van der Waals surface area contributed by atoms with Gasteiger partial charge in [-0.25, -0.2) is 4.79 Å². The van der Waals surface area contributed by atoms with Gasteiger partial charge in [-0.2, -0.15) is 4.99 Å². The fourth-order valence-corrected chi connectivity index (χ4v) is 4.50. The molecule has 1 aliphatic carbocycles. The Labute approximate surface area is 229 Å². The number of aliphatic hydroxyl groups is 1. The van der Waals surface area contributed by atoms with Crippen molar-refractivity contribution in [1.82, 2.24) is 15.5 Å². The van der Waals surface area contributed by atoms with E-state index in [0.29, 0.717) is 23.6 Å². The summed E-state index contributed by atoms with van der Waals surface area (Å²) < 4.78 is 5.24. The molecule has 1 aromatic rings. The lowest BCUT2D eigenvalue weighted by atomic mass is 9.85. The van der Waals surface area contributed by atoms with E-state index >= 15 is 0 Å². The molecule has 0 unspecified atom stereocenters. The number of aliphatic imine (C=N–C) groups is 1. The highest BCUT2D eigenvalue weighted by Crippen LogP contribution is 2.27. The first-order valence-electron chi connectivity index (χ1n) is 13.1. The number of rotatable bonds is 13. The van der Waals surface area contributed by atoms with E-state index in [1.165, 1.54) is 11.9 Å². The molecule has 10 nitrogen and oxygen atoms in total. The minimum absolute atomic E-state index is 0.0260. The summed E-state index contributed by atoms with van der Waals surface area (Å²) in [5, 5.41) is 15.7. The van der Waals surface area contributed by atoms with Crippen LogP contribution in [0.4, 0.5) is 4.79 Å². The zero-order valence-electron chi connectivity index (χ0n) is 22.2. The Morgan fingerprint density at radius 3 is 2.61 bits per heavy atom. The zero-order chi connectivity index (χ0) is 27.9. The molecule has 0 spiro atoms. The van der Waals surface area contributed by atoms with Crippen molar-refractivity contribution in [1.29, 1.82) is 0 Å². The van der Waals surface area contributed by atoms with Crippen LogP contribution in [-0.2, 0) is 25.7 Å². The summed E-state index contributed by atoms with van der Waals surface area (Å²) in [6, 6.07) is 6.18. The second-order valence-corrected chi connectivity index (χ2v) is 9.98. The molecule has 38 heavy (non-hydrogen) atoms. The SMILES string of the molecule is CCNC(=O)CN(C)C(=O)CC[C@@H](CO)NC(=O)/C(CC1CCCCC1)=N/C(=O)OCc1cccc(Cl)c1. The quantitative estimate of drug-likeness (QED) is 0.322. The van der Waals surface area contributed by atoms with Gasteiger partial charge in [-0.1, -0.05) is 55.8 Å². The zero-order valence-corrected chi connectivity index (χ0v) is 23.0. The molecule has 1 fully saturated rings. The van der Waals surface area contributed by atoms with Crippen LogP contribution in [-0.4, -0.2) is 72.3 Å². The van der Waals surface area contributed by atoms with Crippen LogP contribution in [0, 0.1) is 5.92 Å². The van der Waals surface area contributed by atoms with E-state index in [1.807, 2.05) is 0 Å². The smallest absolute Gasteiger partial charge is 0.434 e. The Balaban J connectivity index is 2.00. The molecule has 11 heteroatoms. The highest BCUT2D eigenvalue weighted by atomic mass is 35.5. The van der Waals surface area contributed by atoms with Crippen LogP contribution in [0.5, 0.6) is 0 Å². The average molecular weight is 551 g/mol. The topological polar surface area (TPSA) is 137 Å². The van der Waals surface area contributed by atoms with Crippen LogP contribution in [0.25, 0.3) is 0 Å². The normalized spacial score (nSPS) is 14.9. The number of carbonyl (C=O) groups is 4. The third-order valence-corrected chi connectivity index (χ3v) is 6.62. The first-order chi connectivity index (χ1) is 18.2. The largest absolute Gasteiger partial charge is 0.443 e. The molecule has 0 aliphatic heterocycles. The van der Waals surface area contributed by atoms with Crippen molar-refractivity contribution in [3.05, 3.63) is 34.9 Å². The third-order valence-electron chi connectivity index (χ3n) is 6.39. The van der Waals surface area contributed by atoms with Gasteiger partial charge >= 0.3 is 6.09 Å². The molecule has 0 heterocycles. The molecule has 2 rings (SSSR count). The van der Waals surface area contributed by atoms with Crippen molar-refractivity contribution in [2.24, 2.45) is 10.9 Å². The molecular weight excluding hydrogens is 512 g/mol. The first-order valence-corrected chi connectivity index (χ1v) is 13.5. The van der Waals surface area contributed by atoms with E-state index in [0.717, 1.165) is 32.1 Å². The fourth-order valence-electron chi connectivity index (χ4n) is 4.29. The van der Waals surface area contributed by atoms with Gasteiger partial charge in [0, 0.05) is 25.0 Å². The summed E-state index contributed by atoms with van der Waals surface area (Å²) >= 11 is 5.97. The van der Waals surface area contributed by atoms with Gasteiger partial charge < -0.3 is 25.4 Å². The summed E-state index contributed by atoms with van der Waals surface area (Å²) in [5.74, 6) is -0.894. The molecule has 1 aromatic carbocycles. The molecule has 0 aromatic heterocycles. The Hall–Kier alpha value is -2.98. The van der Waals surface area contributed by atoms with Crippen molar-refractivity contribution in [3.63, 3.8) is 0 Å². The number of hydrogen-bond donors (Lipinski definition) is 3. The summed E-state index contributed by atoms with van der Waals surface area (Å²) in [7, 11) is 1.52. The predicted molar refractivity (Wildman–Crippen MR) is 145 cm³/mol. The Morgan fingerprint density at radius 1 is 1.21 bits per heavy atom. The highest BCUT2D eigenvalue weighted by Gasteiger charge is 2.24. The van der Waals surface area contributed by atoms with Crippen LogP contribution in [0.15, 0.2) is 29.3 Å². The molecule has 0 saturated heterocycles. The monoisotopic (exact) mass is 550 g/mol. The molecule has 0 radical (unpaired) electrons. The minimum atomic E-state index is -0.881. The highest BCUT2D eigenvalue weighted by molar-refractivity contribution is 6.40. The Morgan fingerprint density at radius 2 is 1.95 bits per heavy atom. The van der Waals surface area contributed by atoms with Gasteiger partial charge in [0.1, 0.15) is 12.3 Å². The van der Waals surface area contributed by atoms with E-state index in [9.17, 15) is 24.3 Å². The fraction of sp³-hybridized carbons (Fsp3) is 0.593. The standard InChI is InChI=1S/C27H39ClN4O6/c1-3-29-24(34)16-32(2)25(35)13-12-22(17-33)30-26(36)23(15-19-8-5-4-6-9-19)31-27(37)38-18-20-10-7-11-21(28)14-20/h7,10-11,14,19,22,33H,3-6,8-9,12-13,15-18H2,1-2H3,(H,29,34)(H,30,36)/b31-23+/t22-/m0/s1. The van der Waals surface area contributed by atoms with E-state index in [1.54, 1.807) is 31.2 Å². The molecule has 1 aliphatic rings. The minimum Gasteiger partial charge on any atom is -0.443 e. The maximum Gasteiger partial charge on any atom is 0.434 e. The van der Waals surface area contributed by atoms with Gasteiger partial charge in [-0.3, -0.25) is 14.4 Å². The Kier molecular flexibility index (Phi) is 13.8. The lowest BCUT2D eigenvalue weighted by Crippen LogP contribution is -2.43. The number of nitrogens with one attached hydrogen (secondary N) is 2. The predicted octanol–water partition coefficient (Wildman–Crippen LogP) is 3.24. The van der Waals surface area contributed by atoms with Crippen LogP contribution < -0.4 is 10.6 Å². The van der Waals surface area contributed by atoms with E-state index in [2.05, 4.69) is 15.6 Å². The lowest BCUT2D eigenvalue weighted by Gasteiger charge is -2.23. The van der Waals surface area contributed by atoms with E-state index in [4.69, 9.17) is 16.3 Å². The average Bonchev–Trinajstić information content (AvgIpc) is 2.89. The summed E-state index contributed by atoms with van der Waals surface area (Å²) in [5.41, 5.74) is 0.743. The van der Waals surface area contributed by atoms with Crippen molar-refractivity contribution in [2.45, 2.75) is 70.9 Å². The lowest BCUT2D eigenvalue weighted by molar-refractivity contribution is -0.135. The van der Waals surface area contributed by atoms with E-state index in [-0.39, 0.29) is 49.4 Å². The summed E-state index contributed by atoms with van der Waals surface area (Å²) in [4.78, 5) is 55.0. The van der Waals surface area contributed by atoms with Gasteiger partial charge in [-0.15, -0.1) is 0 Å². The van der Waals surface area contributed by atoms with Crippen LogP contribution in [0.3, 0.4) is 0 Å². The van der Waals surface area contributed by atoms with Crippen molar-refractivity contribution in [3.8, 4) is 0 Å². The maximum absolute atomic E-state index is 13.1. The first kappa shape index (κ1) is 31.2. The number of ether oxygens (including phenoxy) is 1. The molecule has 1 atom stereocenters. The number of benzene rings is 1. The van der Waals surface area contributed by atoms with Crippen molar-refractivity contribution >= 4 is 41.1 Å². The third kappa shape index (κ3) is 11.6. The number of carbonyl (C=O) groups excluding carboxylic acids is 4. The molecule has 4 amide bonds. The summed E-state index contributed by atoms with van der Waals surface area (Å²) in [6.45, 7) is 1.76. The maximum atomic E-state index is 13.1. The second-order valence-electron chi connectivity index (χ2n) is 9.55. The number of nitrogens with zero attached hydrogens (tertiary/aromatic N) is 2. The number of amides is 4. The Bertz CT molecular complexity index is 980. The molecule has 3 N–H and O–H groups in total. The summed E-state index contributed by atoms with van der Waals surface area (Å²) in [6.07, 6.45) is 4.78. The molecule has 0 bridgehead atoms. The van der Waals surface area contributed by atoms with Gasteiger partial charge in [0.25, 0.3) is 5.91 Å². The van der Waals surface area contributed by atoms with Crippen molar-refractivity contribution in [2.75, 3.05) is 26.7 Å². The van der Waals surface area contributed by atoms with E-state index < -0.39 is 24.6 Å². The number of hydrogen-bond acceptors (Lipinski definition) is 6. The van der Waals surface area contributed by atoms with Gasteiger partial charge in [0.15, 0.2) is 0 Å².